The van der Waals surface area contributed by atoms with E-state index in [0.29, 0.717) is 6.61 Å². The Morgan fingerprint density at radius 2 is 2.14 bits per heavy atom. The van der Waals surface area contributed by atoms with Crippen LogP contribution in [0.2, 0.25) is 0 Å². The standard InChI is InChI=1S/C15H16N2O2S2/c18-15-14(7-8-19-15)17-21-12-5-3-11(4-6-12)16-10-13-2-1-9-20-13/h1-6,9,14,16-17H,7-8,10H2. The fraction of sp³-hybridized carbons (Fsp3) is 0.267. The SMILES string of the molecule is O=C1OCCC1NSc1ccc(NCc2cccs2)cc1. The van der Waals surface area contributed by atoms with E-state index in [4.69, 9.17) is 4.74 Å². The third-order valence-electron chi connectivity index (χ3n) is 3.16. The van der Waals surface area contributed by atoms with Gasteiger partial charge in [0.2, 0.25) is 0 Å². The molecular formula is C15H16N2O2S2. The molecule has 0 aliphatic carbocycles. The Labute approximate surface area is 132 Å². The summed E-state index contributed by atoms with van der Waals surface area (Å²) in [6.45, 7) is 1.36. The minimum absolute atomic E-state index is 0.156. The first-order valence-corrected chi connectivity index (χ1v) is 8.46. The molecular weight excluding hydrogens is 304 g/mol. The number of ether oxygens (including phenoxy) is 1. The molecule has 0 radical (unpaired) electrons. The van der Waals surface area contributed by atoms with E-state index in [1.165, 1.54) is 16.8 Å². The molecule has 1 aromatic heterocycles. The summed E-state index contributed by atoms with van der Waals surface area (Å²) in [7, 11) is 0. The molecule has 1 fully saturated rings. The highest BCUT2D eigenvalue weighted by Crippen LogP contribution is 2.21. The van der Waals surface area contributed by atoms with Crippen LogP contribution < -0.4 is 10.0 Å². The van der Waals surface area contributed by atoms with Crippen LogP contribution in [0.1, 0.15) is 11.3 Å². The van der Waals surface area contributed by atoms with Gasteiger partial charge >= 0.3 is 5.97 Å². The van der Waals surface area contributed by atoms with Crippen molar-refractivity contribution in [3.8, 4) is 0 Å². The van der Waals surface area contributed by atoms with Gasteiger partial charge in [-0.2, -0.15) is 0 Å². The van der Waals surface area contributed by atoms with E-state index in [1.807, 2.05) is 24.3 Å². The van der Waals surface area contributed by atoms with Gasteiger partial charge in [-0.1, -0.05) is 6.07 Å². The largest absolute Gasteiger partial charge is 0.464 e. The topological polar surface area (TPSA) is 50.4 Å². The van der Waals surface area contributed by atoms with Crippen molar-refractivity contribution < 1.29 is 9.53 Å². The second kappa shape index (κ2) is 6.98. The quantitative estimate of drug-likeness (QED) is 0.632. The number of thiophene rings is 1. The van der Waals surface area contributed by atoms with Crippen LogP contribution in [-0.4, -0.2) is 18.6 Å². The fourth-order valence-electron chi connectivity index (χ4n) is 1.99. The van der Waals surface area contributed by atoms with E-state index in [9.17, 15) is 4.79 Å². The molecule has 1 aliphatic heterocycles. The van der Waals surface area contributed by atoms with Crippen molar-refractivity contribution in [2.45, 2.75) is 23.9 Å². The number of cyclic esters (lactones) is 1. The Hall–Kier alpha value is -1.50. The zero-order chi connectivity index (χ0) is 14.5. The van der Waals surface area contributed by atoms with Gasteiger partial charge in [0.15, 0.2) is 0 Å². The predicted molar refractivity (Wildman–Crippen MR) is 86.4 cm³/mol. The normalized spacial score (nSPS) is 17.7. The summed E-state index contributed by atoms with van der Waals surface area (Å²) in [5, 5.41) is 5.46. The lowest BCUT2D eigenvalue weighted by molar-refractivity contribution is -0.139. The van der Waals surface area contributed by atoms with Crippen molar-refractivity contribution in [3.63, 3.8) is 0 Å². The summed E-state index contributed by atoms with van der Waals surface area (Å²) in [6.07, 6.45) is 0.742. The molecule has 2 aromatic rings. The molecule has 2 heterocycles. The zero-order valence-electron chi connectivity index (χ0n) is 11.4. The smallest absolute Gasteiger partial charge is 0.324 e. The number of anilines is 1. The molecule has 0 saturated carbocycles. The summed E-state index contributed by atoms with van der Waals surface area (Å²) in [6, 6.07) is 12.2. The Morgan fingerprint density at radius 3 is 2.81 bits per heavy atom. The molecule has 21 heavy (non-hydrogen) atoms. The van der Waals surface area contributed by atoms with Crippen LogP contribution in [0.3, 0.4) is 0 Å². The molecule has 1 saturated heterocycles. The summed E-state index contributed by atoms with van der Waals surface area (Å²) in [5.74, 6) is -0.156. The van der Waals surface area contributed by atoms with Crippen LogP contribution in [0.25, 0.3) is 0 Å². The van der Waals surface area contributed by atoms with Gasteiger partial charge in [-0.25, -0.2) is 4.72 Å². The van der Waals surface area contributed by atoms with Crippen LogP contribution >= 0.6 is 23.3 Å². The van der Waals surface area contributed by atoms with Crippen LogP contribution in [0.4, 0.5) is 5.69 Å². The van der Waals surface area contributed by atoms with Gasteiger partial charge in [0, 0.05) is 28.4 Å². The third kappa shape index (κ3) is 4.00. The van der Waals surface area contributed by atoms with Crippen molar-refractivity contribution >= 4 is 34.9 Å². The second-order valence-corrected chi connectivity index (χ2v) is 6.63. The molecule has 0 amide bonds. The maximum absolute atomic E-state index is 11.3. The summed E-state index contributed by atoms with van der Waals surface area (Å²) >= 11 is 3.22. The Balaban J connectivity index is 1.48. The first kappa shape index (κ1) is 14.4. The highest BCUT2D eigenvalue weighted by Gasteiger charge is 2.25. The Kier molecular flexibility index (Phi) is 4.80. The summed E-state index contributed by atoms with van der Waals surface area (Å²) < 4.78 is 8.06. The molecule has 6 heteroatoms. The number of carbonyl (C=O) groups excluding carboxylic acids is 1. The first-order valence-electron chi connectivity index (χ1n) is 6.76. The van der Waals surface area contributed by atoms with Gasteiger partial charge in [-0.15, -0.1) is 11.3 Å². The van der Waals surface area contributed by atoms with Gasteiger partial charge < -0.3 is 10.1 Å². The number of rotatable bonds is 6. The molecule has 1 aromatic carbocycles. The maximum Gasteiger partial charge on any atom is 0.324 e. The molecule has 4 nitrogen and oxygen atoms in total. The Bertz CT molecular complexity index is 584. The van der Waals surface area contributed by atoms with Crippen LogP contribution in [0, 0.1) is 0 Å². The summed E-state index contributed by atoms with van der Waals surface area (Å²) in [5.41, 5.74) is 1.09. The summed E-state index contributed by atoms with van der Waals surface area (Å²) in [4.78, 5) is 13.7. The molecule has 0 spiro atoms. The minimum Gasteiger partial charge on any atom is -0.464 e. The van der Waals surface area contributed by atoms with Crippen molar-refractivity contribution in [1.29, 1.82) is 0 Å². The number of hydrogen-bond donors (Lipinski definition) is 2. The number of hydrogen-bond acceptors (Lipinski definition) is 6. The van der Waals surface area contributed by atoms with Crippen LogP contribution in [-0.2, 0) is 16.1 Å². The highest BCUT2D eigenvalue weighted by molar-refractivity contribution is 7.97. The molecule has 0 bridgehead atoms. The van der Waals surface area contributed by atoms with Gasteiger partial charge in [0.05, 0.1) is 6.61 Å². The number of carbonyl (C=O) groups is 1. The Morgan fingerprint density at radius 1 is 1.29 bits per heavy atom. The average Bonchev–Trinajstić information content (AvgIpc) is 3.16. The molecule has 110 valence electrons. The van der Waals surface area contributed by atoms with Crippen molar-refractivity contribution in [2.75, 3.05) is 11.9 Å². The van der Waals surface area contributed by atoms with E-state index in [0.717, 1.165) is 23.5 Å². The van der Waals surface area contributed by atoms with E-state index in [-0.39, 0.29) is 12.0 Å². The lowest BCUT2D eigenvalue weighted by Gasteiger charge is -2.09. The van der Waals surface area contributed by atoms with E-state index in [1.54, 1.807) is 11.3 Å². The van der Waals surface area contributed by atoms with Crippen LogP contribution in [0.15, 0.2) is 46.7 Å². The lowest BCUT2D eigenvalue weighted by atomic mass is 10.3. The van der Waals surface area contributed by atoms with Gasteiger partial charge in [0.1, 0.15) is 6.04 Å². The van der Waals surface area contributed by atoms with E-state index >= 15 is 0 Å². The number of nitrogens with one attached hydrogen (secondary N) is 2. The minimum atomic E-state index is -0.188. The fourth-order valence-corrected chi connectivity index (χ4v) is 3.39. The molecule has 1 aliphatic rings. The van der Waals surface area contributed by atoms with E-state index in [2.05, 4.69) is 27.6 Å². The number of benzene rings is 1. The number of esters is 1. The monoisotopic (exact) mass is 320 g/mol. The third-order valence-corrected chi connectivity index (χ3v) is 4.94. The first-order chi connectivity index (χ1) is 10.3. The van der Waals surface area contributed by atoms with Gasteiger partial charge in [0.25, 0.3) is 0 Å². The molecule has 1 atom stereocenters. The van der Waals surface area contributed by atoms with Crippen molar-refractivity contribution in [2.24, 2.45) is 0 Å². The molecule has 1 unspecified atom stereocenters. The maximum atomic E-state index is 11.3. The highest BCUT2D eigenvalue weighted by atomic mass is 32.2. The molecule has 3 rings (SSSR count). The lowest BCUT2D eigenvalue weighted by Crippen LogP contribution is -2.27. The molecule has 2 N–H and O–H groups in total. The van der Waals surface area contributed by atoms with Crippen molar-refractivity contribution in [1.82, 2.24) is 4.72 Å². The van der Waals surface area contributed by atoms with Crippen LogP contribution in [0.5, 0.6) is 0 Å². The van der Waals surface area contributed by atoms with Gasteiger partial charge in [-0.05, 0) is 47.7 Å². The zero-order valence-corrected chi connectivity index (χ0v) is 13.0. The van der Waals surface area contributed by atoms with Gasteiger partial charge in [-0.3, -0.25) is 4.79 Å². The van der Waals surface area contributed by atoms with Crippen molar-refractivity contribution in [3.05, 3.63) is 46.7 Å². The second-order valence-electron chi connectivity index (χ2n) is 4.69. The average molecular weight is 320 g/mol. The predicted octanol–water partition coefficient (Wildman–Crippen LogP) is 3.27. The van der Waals surface area contributed by atoms with E-state index < -0.39 is 0 Å².